The highest BCUT2D eigenvalue weighted by Gasteiger charge is 2.31. The number of aromatic nitrogens is 1. The fourth-order valence-electron chi connectivity index (χ4n) is 4.20. The molecular formula is C26H23F3N2O4S. The van der Waals surface area contributed by atoms with Crippen LogP contribution in [0.4, 0.5) is 18.9 Å². The van der Waals surface area contributed by atoms with Gasteiger partial charge in [0.05, 0.1) is 25.3 Å². The minimum atomic E-state index is -4.49. The smallest absolute Gasteiger partial charge is 0.393 e. The summed E-state index contributed by atoms with van der Waals surface area (Å²) >= 11 is 0. The largest absolute Gasteiger partial charge is 0.496 e. The summed E-state index contributed by atoms with van der Waals surface area (Å²) < 4.78 is 71.1. The molecule has 36 heavy (non-hydrogen) atoms. The van der Waals surface area contributed by atoms with Crippen molar-refractivity contribution in [2.45, 2.75) is 25.9 Å². The van der Waals surface area contributed by atoms with E-state index in [1.54, 1.807) is 48.7 Å². The van der Waals surface area contributed by atoms with Crippen molar-refractivity contribution in [2.24, 2.45) is 0 Å². The Morgan fingerprint density at radius 2 is 1.78 bits per heavy atom. The van der Waals surface area contributed by atoms with Crippen LogP contribution in [0, 0.1) is 0 Å². The molecule has 1 N–H and O–H groups in total. The zero-order valence-electron chi connectivity index (χ0n) is 19.7. The number of nitrogens with one attached hydrogen (secondary N) is 1. The second-order valence-corrected chi connectivity index (χ2v) is 10.4. The van der Waals surface area contributed by atoms with Crippen LogP contribution in [0.5, 0.6) is 5.75 Å². The summed E-state index contributed by atoms with van der Waals surface area (Å²) in [4.78, 5) is 17.3. The number of carbonyl (C=O) groups excluding carboxylic acids is 1. The third kappa shape index (κ3) is 5.59. The molecule has 1 aliphatic rings. The summed E-state index contributed by atoms with van der Waals surface area (Å²) in [5, 5.41) is 0.338. The molecule has 0 saturated heterocycles. The monoisotopic (exact) mass is 516 g/mol. The summed E-state index contributed by atoms with van der Waals surface area (Å²) in [5.41, 5.74) is 3.35. The molecule has 0 atom stereocenters. The highest BCUT2D eigenvalue weighted by molar-refractivity contribution is 7.92. The number of methoxy groups -OCH3 is 1. The van der Waals surface area contributed by atoms with E-state index in [0.29, 0.717) is 38.9 Å². The van der Waals surface area contributed by atoms with Gasteiger partial charge in [-0.05, 0) is 36.8 Å². The Morgan fingerprint density at radius 3 is 2.36 bits per heavy atom. The molecule has 0 amide bonds. The molecule has 0 unspecified atom stereocenters. The Balaban J connectivity index is 1.91. The molecule has 0 bridgehead atoms. The number of allylic oxidation sites excluding steroid dienone is 4. The van der Waals surface area contributed by atoms with Crippen LogP contribution in [-0.4, -0.2) is 38.7 Å². The van der Waals surface area contributed by atoms with Crippen molar-refractivity contribution < 1.29 is 31.1 Å². The first-order valence-corrected chi connectivity index (χ1v) is 12.8. The van der Waals surface area contributed by atoms with E-state index >= 15 is 0 Å². The number of pyridine rings is 1. The van der Waals surface area contributed by atoms with Gasteiger partial charge >= 0.3 is 6.18 Å². The molecule has 1 aliphatic carbocycles. The maximum Gasteiger partial charge on any atom is 0.393 e. The number of Topliss-reactive ketones (excluding diaryl/α,β-unsaturated/α-hetero) is 1. The van der Waals surface area contributed by atoms with Gasteiger partial charge in [-0.25, -0.2) is 8.42 Å². The molecular weight excluding hydrogens is 493 g/mol. The van der Waals surface area contributed by atoms with Crippen molar-refractivity contribution in [3.05, 3.63) is 71.4 Å². The summed E-state index contributed by atoms with van der Waals surface area (Å²) in [5.74, 6) is -0.161. The Bertz CT molecular complexity index is 1520. The highest BCUT2D eigenvalue weighted by atomic mass is 32.2. The molecule has 10 heteroatoms. The SMILES string of the molecule is COc1c(CC(F)(F)F)cc(C2=CC=C(C)CC2=O)c2ncc(-c3ccc(NS(C)(=O)=O)cc3)cc12. The van der Waals surface area contributed by atoms with E-state index in [2.05, 4.69) is 9.71 Å². The van der Waals surface area contributed by atoms with Crippen molar-refractivity contribution in [1.82, 2.24) is 4.98 Å². The number of hydrogen-bond acceptors (Lipinski definition) is 5. The average molecular weight is 517 g/mol. The molecule has 1 aromatic heterocycles. The molecule has 0 aliphatic heterocycles. The quantitative estimate of drug-likeness (QED) is 0.455. The number of ketones is 1. The van der Waals surface area contributed by atoms with E-state index in [9.17, 15) is 26.4 Å². The van der Waals surface area contributed by atoms with Gasteiger partial charge in [-0.1, -0.05) is 29.9 Å². The van der Waals surface area contributed by atoms with Gasteiger partial charge in [0.25, 0.3) is 0 Å². The lowest BCUT2D eigenvalue weighted by Crippen LogP contribution is -2.14. The molecule has 0 radical (unpaired) electrons. The number of ether oxygens (including phenoxy) is 1. The topological polar surface area (TPSA) is 85.4 Å². The zero-order valence-corrected chi connectivity index (χ0v) is 20.5. The van der Waals surface area contributed by atoms with Gasteiger partial charge in [-0.15, -0.1) is 0 Å². The van der Waals surface area contributed by atoms with Gasteiger partial charge in [0.1, 0.15) is 5.75 Å². The maximum atomic E-state index is 13.4. The highest BCUT2D eigenvalue weighted by Crippen LogP contribution is 2.40. The van der Waals surface area contributed by atoms with E-state index in [1.807, 2.05) is 6.92 Å². The zero-order chi connectivity index (χ0) is 26.3. The first kappa shape index (κ1) is 25.4. The van der Waals surface area contributed by atoms with E-state index in [0.717, 1.165) is 11.8 Å². The van der Waals surface area contributed by atoms with Crippen LogP contribution in [0.2, 0.25) is 0 Å². The lowest BCUT2D eigenvalue weighted by atomic mass is 9.88. The van der Waals surface area contributed by atoms with Crippen LogP contribution in [0.3, 0.4) is 0 Å². The van der Waals surface area contributed by atoms with E-state index in [4.69, 9.17) is 4.74 Å². The van der Waals surface area contributed by atoms with Gasteiger partial charge in [-0.3, -0.25) is 14.5 Å². The third-order valence-corrected chi connectivity index (χ3v) is 6.29. The fraction of sp³-hybridized carbons (Fsp3) is 0.231. The predicted molar refractivity (Wildman–Crippen MR) is 133 cm³/mol. The van der Waals surface area contributed by atoms with Crippen molar-refractivity contribution in [3.63, 3.8) is 0 Å². The van der Waals surface area contributed by atoms with Crippen LogP contribution >= 0.6 is 0 Å². The van der Waals surface area contributed by atoms with Crippen LogP contribution < -0.4 is 9.46 Å². The van der Waals surface area contributed by atoms with Crippen molar-refractivity contribution in [3.8, 4) is 16.9 Å². The minimum Gasteiger partial charge on any atom is -0.496 e. The van der Waals surface area contributed by atoms with Gasteiger partial charge in [0.15, 0.2) is 5.78 Å². The number of fused-ring (bicyclic) bond motifs is 1. The maximum absolute atomic E-state index is 13.4. The first-order valence-electron chi connectivity index (χ1n) is 10.9. The number of halogens is 3. The molecule has 1 heterocycles. The van der Waals surface area contributed by atoms with Crippen molar-refractivity contribution in [1.29, 1.82) is 0 Å². The standard InChI is InChI=1S/C26H23F3N2O4S/c1-15-4-9-20(23(32)10-15)21-11-17(13-26(27,28)29)25(35-2)22-12-18(14-30-24(21)22)16-5-7-19(8-6-16)31-36(3,33)34/h4-9,11-12,14,31H,10,13H2,1-3H3. The summed E-state index contributed by atoms with van der Waals surface area (Å²) in [6.45, 7) is 1.81. The summed E-state index contributed by atoms with van der Waals surface area (Å²) in [7, 11) is -2.15. The van der Waals surface area contributed by atoms with Crippen LogP contribution in [0.1, 0.15) is 24.5 Å². The van der Waals surface area contributed by atoms with Gasteiger partial charge in [-0.2, -0.15) is 13.2 Å². The first-order chi connectivity index (χ1) is 16.8. The average Bonchev–Trinajstić information content (AvgIpc) is 2.77. The second kappa shape index (κ2) is 9.42. The summed E-state index contributed by atoms with van der Waals surface area (Å²) in [6, 6.07) is 9.49. The summed E-state index contributed by atoms with van der Waals surface area (Å²) in [6.07, 6.45) is 0.445. The minimum absolute atomic E-state index is 0.0337. The normalized spacial score (nSPS) is 14.4. The Kier molecular flexibility index (Phi) is 6.66. The molecule has 0 fully saturated rings. The van der Waals surface area contributed by atoms with Gasteiger partial charge < -0.3 is 4.74 Å². The lowest BCUT2D eigenvalue weighted by Gasteiger charge is -2.19. The number of anilines is 1. The number of nitrogens with zero attached hydrogens (tertiary/aromatic N) is 1. The number of rotatable bonds is 6. The second-order valence-electron chi connectivity index (χ2n) is 8.67. The molecule has 4 rings (SSSR count). The number of carbonyl (C=O) groups is 1. The Hall–Kier alpha value is -3.66. The Labute approximate surface area is 206 Å². The van der Waals surface area contributed by atoms with Crippen LogP contribution in [0.15, 0.2) is 60.3 Å². The molecule has 0 saturated carbocycles. The van der Waals surface area contributed by atoms with Gasteiger partial charge in [0.2, 0.25) is 10.0 Å². The molecule has 188 valence electrons. The fourth-order valence-corrected chi connectivity index (χ4v) is 4.76. The number of sulfonamides is 1. The van der Waals surface area contributed by atoms with E-state index in [1.165, 1.54) is 13.2 Å². The van der Waals surface area contributed by atoms with Crippen molar-refractivity contribution >= 4 is 38.0 Å². The lowest BCUT2D eigenvalue weighted by molar-refractivity contribution is -0.127. The van der Waals surface area contributed by atoms with Crippen LogP contribution in [-0.2, 0) is 21.2 Å². The number of benzene rings is 2. The van der Waals surface area contributed by atoms with Crippen LogP contribution in [0.25, 0.3) is 27.6 Å². The van der Waals surface area contributed by atoms with E-state index in [-0.39, 0.29) is 23.5 Å². The number of alkyl halides is 3. The third-order valence-electron chi connectivity index (χ3n) is 5.68. The molecule has 0 spiro atoms. The molecule has 6 nitrogen and oxygen atoms in total. The predicted octanol–water partition coefficient (Wildman–Crippen LogP) is 5.69. The molecule has 3 aromatic rings. The Morgan fingerprint density at radius 1 is 1.08 bits per heavy atom. The number of hydrogen-bond donors (Lipinski definition) is 1. The van der Waals surface area contributed by atoms with Gasteiger partial charge in [0, 0.05) is 46.0 Å². The van der Waals surface area contributed by atoms with E-state index < -0.39 is 22.6 Å². The molecule has 2 aromatic carbocycles. The van der Waals surface area contributed by atoms with Crippen molar-refractivity contribution in [2.75, 3.05) is 18.1 Å².